The predicted molar refractivity (Wildman–Crippen MR) is 98.4 cm³/mol. The van der Waals surface area contributed by atoms with E-state index in [0.717, 1.165) is 32.5 Å². The molecule has 0 saturated carbocycles. The fourth-order valence-electron chi connectivity index (χ4n) is 2.95. The van der Waals surface area contributed by atoms with Gasteiger partial charge in [-0.1, -0.05) is 12.1 Å². The second kappa shape index (κ2) is 8.77. The largest absolute Gasteiger partial charge is 0.377 e. The predicted octanol–water partition coefficient (Wildman–Crippen LogP) is 3.24. The molecule has 1 atom stereocenters. The van der Waals surface area contributed by atoms with E-state index in [-0.39, 0.29) is 12.0 Å². The number of rotatable bonds is 7. The van der Waals surface area contributed by atoms with Gasteiger partial charge in [-0.2, -0.15) is 5.26 Å². The third-order valence-corrected chi connectivity index (χ3v) is 4.95. The maximum atomic E-state index is 12.5. The van der Waals surface area contributed by atoms with Crippen LogP contribution in [0.4, 0.5) is 5.69 Å². The van der Waals surface area contributed by atoms with Crippen molar-refractivity contribution in [3.63, 3.8) is 0 Å². The fraction of sp³-hybridized carbons (Fsp3) is 0.368. The second-order valence-electron chi connectivity index (χ2n) is 6.12. The number of nitrogens with one attached hydrogen (secondary N) is 1. The number of carbonyl (C=O) groups excluding carboxylic acids is 1. The van der Waals surface area contributed by atoms with Crippen LogP contribution in [0, 0.1) is 11.3 Å². The van der Waals surface area contributed by atoms with Crippen molar-refractivity contribution in [1.29, 1.82) is 5.26 Å². The van der Waals surface area contributed by atoms with Gasteiger partial charge in [0.2, 0.25) is 5.91 Å². The maximum absolute atomic E-state index is 12.5. The summed E-state index contributed by atoms with van der Waals surface area (Å²) in [4.78, 5) is 15.8. The van der Waals surface area contributed by atoms with Crippen LogP contribution < -0.4 is 5.32 Å². The van der Waals surface area contributed by atoms with Gasteiger partial charge in [-0.15, -0.1) is 11.3 Å². The molecular formula is C19H21N3O2S. The van der Waals surface area contributed by atoms with Crippen LogP contribution in [0.3, 0.4) is 0 Å². The Morgan fingerprint density at radius 3 is 3.04 bits per heavy atom. The van der Waals surface area contributed by atoms with Crippen LogP contribution >= 0.6 is 11.3 Å². The number of ether oxygens (including phenoxy) is 1. The van der Waals surface area contributed by atoms with E-state index in [2.05, 4.69) is 22.4 Å². The molecule has 25 heavy (non-hydrogen) atoms. The Balaban J connectivity index is 1.61. The molecule has 1 aromatic carbocycles. The molecule has 1 aromatic heterocycles. The summed E-state index contributed by atoms with van der Waals surface area (Å²) in [7, 11) is 0. The van der Waals surface area contributed by atoms with Crippen LogP contribution in [0.1, 0.15) is 23.3 Å². The Bertz CT molecular complexity index is 733. The van der Waals surface area contributed by atoms with E-state index in [1.807, 2.05) is 11.4 Å². The Kier molecular flexibility index (Phi) is 6.18. The van der Waals surface area contributed by atoms with E-state index >= 15 is 0 Å². The van der Waals surface area contributed by atoms with E-state index in [0.29, 0.717) is 17.8 Å². The van der Waals surface area contributed by atoms with Gasteiger partial charge in [0, 0.05) is 30.3 Å². The highest BCUT2D eigenvalue weighted by molar-refractivity contribution is 7.09. The molecule has 6 heteroatoms. The van der Waals surface area contributed by atoms with Gasteiger partial charge >= 0.3 is 0 Å². The average molecular weight is 355 g/mol. The lowest BCUT2D eigenvalue weighted by Crippen LogP contribution is -2.37. The molecule has 130 valence electrons. The lowest BCUT2D eigenvalue weighted by molar-refractivity contribution is -0.117. The molecule has 3 rings (SSSR count). The molecule has 0 radical (unpaired) electrons. The van der Waals surface area contributed by atoms with Gasteiger partial charge in [-0.05, 0) is 42.5 Å². The molecule has 2 heterocycles. The molecule has 1 N–H and O–H groups in total. The summed E-state index contributed by atoms with van der Waals surface area (Å²) in [6, 6.07) is 13.2. The van der Waals surface area contributed by atoms with Crippen molar-refractivity contribution in [2.24, 2.45) is 0 Å². The normalized spacial score (nSPS) is 16.7. The zero-order valence-corrected chi connectivity index (χ0v) is 14.8. The van der Waals surface area contributed by atoms with Gasteiger partial charge < -0.3 is 10.1 Å². The summed E-state index contributed by atoms with van der Waals surface area (Å²) in [5.74, 6) is -0.0790. The van der Waals surface area contributed by atoms with Crippen molar-refractivity contribution < 1.29 is 9.53 Å². The number of hydrogen-bond donors (Lipinski definition) is 1. The quantitative estimate of drug-likeness (QED) is 0.828. The van der Waals surface area contributed by atoms with Crippen molar-refractivity contribution >= 4 is 22.9 Å². The smallest absolute Gasteiger partial charge is 0.238 e. The summed E-state index contributed by atoms with van der Waals surface area (Å²) < 4.78 is 5.73. The zero-order chi connectivity index (χ0) is 17.5. The number of benzene rings is 1. The number of amides is 1. The molecule has 0 aliphatic carbocycles. The lowest BCUT2D eigenvalue weighted by atomic mass is 10.2. The summed E-state index contributed by atoms with van der Waals surface area (Å²) in [5.41, 5.74) is 1.19. The topological polar surface area (TPSA) is 65.4 Å². The van der Waals surface area contributed by atoms with E-state index < -0.39 is 0 Å². The molecule has 1 saturated heterocycles. The molecule has 5 nitrogen and oxygen atoms in total. The lowest BCUT2D eigenvalue weighted by Gasteiger charge is -2.24. The third-order valence-electron chi connectivity index (χ3n) is 4.09. The Morgan fingerprint density at radius 2 is 2.32 bits per heavy atom. The number of thiophene rings is 1. The van der Waals surface area contributed by atoms with Crippen molar-refractivity contribution in [3.8, 4) is 6.07 Å². The first-order valence-electron chi connectivity index (χ1n) is 8.39. The molecule has 1 aliphatic heterocycles. The van der Waals surface area contributed by atoms with Crippen LogP contribution in [0.25, 0.3) is 0 Å². The summed E-state index contributed by atoms with van der Waals surface area (Å²) >= 11 is 1.69. The second-order valence-corrected chi connectivity index (χ2v) is 7.16. The highest BCUT2D eigenvalue weighted by Crippen LogP contribution is 2.17. The van der Waals surface area contributed by atoms with E-state index in [9.17, 15) is 4.79 Å². The number of nitriles is 1. The third kappa shape index (κ3) is 5.40. The van der Waals surface area contributed by atoms with Gasteiger partial charge in [-0.3, -0.25) is 9.69 Å². The Morgan fingerprint density at radius 1 is 1.40 bits per heavy atom. The van der Waals surface area contributed by atoms with Crippen LogP contribution in [-0.2, 0) is 16.1 Å². The number of hydrogen-bond acceptors (Lipinski definition) is 5. The molecule has 0 bridgehead atoms. The number of anilines is 1. The zero-order valence-electron chi connectivity index (χ0n) is 14.0. The minimum absolute atomic E-state index is 0.0790. The minimum Gasteiger partial charge on any atom is -0.377 e. The Hall–Kier alpha value is -2.20. The summed E-state index contributed by atoms with van der Waals surface area (Å²) in [6.45, 7) is 2.60. The molecule has 1 fully saturated rings. The van der Waals surface area contributed by atoms with Crippen molar-refractivity contribution in [2.75, 3.05) is 25.0 Å². The standard InChI is InChI=1S/C19H21N3O2S/c20-11-15-4-1-5-16(10-15)21-19(23)14-22(12-17-6-2-8-24-17)13-18-7-3-9-25-18/h1,3-5,7,9-10,17H,2,6,8,12-14H2,(H,21,23). The monoisotopic (exact) mass is 355 g/mol. The molecule has 2 aromatic rings. The van der Waals surface area contributed by atoms with Crippen molar-refractivity contribution in [3.05, 3.63) is 52.2 Å². The van der Waals surface area contributed by atoms with Crippen LogP contribution in [0.5, 0.6) is 0 Å². The van der Waals surface area contributed by atoms with E-state index in [4.69, 9.17) is 10.00 Å². The van der Waals surface area contributed by atoms with Crippen molar-refractivity contribution in [1.82, 2.24) is 4.90 Å². The van der Waals surface area contributed by atoms with E-state index in [1.54, 1.807) is 35.6 Å². The average Bonchev–Trinajstić information content (AvgIpc) is 3.29. The van der Waals surface area contributed by atoms with Gasteiger partial charge in [0.15, 0.2) is 0 Å². The molecule has 1 unspecified atom stereocenters. The first-order chi connectivity index (χ1) is 12.2. The van der Waals surface area contributed by atoms with Crippen LogP contribution in [-0.4, -0.2) is 36.6 Å². The van der Waals surface area contributed by atoms with Gasteiger partial charge in [-0.25, -0.2) is 0 Å². The van der Waals surface area contributed by atoms with Gasteiger partial charge in [0.1, 0.15) is 0 Å². The van der Waals surface area contributed by atoms with Gasteiger partial charge in [0.05, 0.1) is 24.3 Å². The molecule has 1 aliphatic rings. The Labute approximate surface area is 151 Å². The molecule has 1 amide bonds. The number of nitrogens with zero attached hydrogens (tertiary/aromatic N) is 2. The highest BCUT2D eigenvalue weighted by Gasteiger charge is 2.21. The van der Waals surface area contributed by atoms with Crippen molar-refractivity contribution in [2.45, 2.75) is 25.5 Å². The van der Waals surface area contributed by atoms with Gasteiger partial charge in [0.25, 0.3) is 0 Å². The maximum Gasteiger partial charge on any atom is 0.238 e. The minimum atomic E-state index is -0.0790. The van der Waals surface area contributed by atoms with Crippen LogP contribution in [0.15, 0.2) is 41.8 Å². The SMILES string of the molecule is N#Cc1cccc(NC(=O)CN(Cc2cccs2)CC2CCCO2)c1. The van der Waals surface area contributed by atoms with Crippen LogP contribution in [0.2, 0.25) is 0 Å². The number of carbonyl (C=O) groups is 1. The highest BCUT2D eigenvalue weighted by atomic mass is 32.1. The summed E-state index contributed by atoms with van der Waals surface area (Å²) in [5, 5.41) is 13.9. The first kappa shape index (κ1) is 17.6. The molecule has 0 spiro atoms. The fourth-order valence-corrected chi connectivity index (χ4v) is 3.70. The first-order valence-corrected chi connectivity index (χ1v) is 9.27. The van der Waals surface area contributed by atoms with E-state index in [1.165, 1.54) is 4.88 Å². The summed E-state index contributed by atoms with van der Waals surface area (Å²) in [6.07, 6.45) is 2.34. The molecular weight excluding hydrogens is 334 g/mol.